The third kappa shape index (κ3) is 2.34. The molecule has 1 aromatic carbocycles. The van der Waals surface area contributed by atoms with Crippen molar-refractivity contribution in [1.29, 1.82) is 0 Å². The zero-order chi connectivity index (χ0) is 13.2. The first-order chi connectivity index (χ1) is 9.28. The van der Waals surface area contributed by atoms with E-state index in [4.69, 9.17) is 0 Å². The van der Waals surface area contributed by atoms with Crippen molar-refractivity contribution in [2.24, 2.45) is 4.40 Å². The highest BCUT2D eigenvalue weighted by molar-refractivity contribution is 7.96. The number of carbonyl (C=O) groups is 1. The van der Waals surface area contributed by atoms with Crippen LogP contribution in [-0.2, 0) is 9.53 Å². The Morgan fingerprint density at radius 2 is 2.21 bits per heavy atom. The molecule has 2 heterocycles. The van der Waals surface area contributed by atoms with E-state index in [1.165, 1.54) is 7.11 Å². The number of esters is 1. The Balaban J connectivity index is 1.99. The van der Waals surface area contributed by atoms with Gasteiger partial charge < -0.3 is 9.46 Å². The van der Waals surface area contributed by atoms with Crippen LogP contribution in [0.25, 0.3) is 15.9 Å². The van der Waals surface area contributed by atoms with Crippen molar-refractivity contribution in [3.8, 4) is 0 Å². The van der Waals surface area contributed by atoms with Crippen LogP contribution in [0.3, 0.4) is 0 Å². The molecule has 5 nitrogen and oxygen atoms in total. The summed E-state index contributed by atoms with van der Waals surface area (Å²) in [6.07, 6.45) is 1.65. The largest absolute Gasteiger partial charge is 0.464 e. The van der Waals surface area contributed by atoms with Crippen molar-refractivity contribution in [2.75, 3.05) is 7.11 Å². The van der Waals surface area contributed by atoms with Gasteiger partial charge in [0.25, 0.3) is 0 Å². The van der Waals surface area contributed by atoms with Gasteiger partial charge >= 0.3 is 5.97 Å². The standard InChI is InChI=1S/C12H9N3O2S2/c1-17-12(16)9-6-8(14-19-15-9)11-13-7-4-2-3-5-10(7)18-11/h2-6,14H,1H3. The number of aromatic nitrogens is 1. The van der Waals surface area contributed by atoms with Crippen LogP contribution in [0, 0.1) is 0 Å². The molecule has 0 spiro atoms. The minimum atomic E-state index is -0.451. The Hall–Kier alpha value is -1.86. The lowest BCUT2D eigenvalue weighted by Crippen LogP contribution is -2.18. The predicted octanol–water partition coefficient (Wildman–Crippen LogP) is 2.42. The van der Waals surface area contributed by atoms with Crippen LogP contribution in [0.15, 0.2) is 34.7 Å². The first kappa shape index (κ1) is 12.2. The molecule has 1 aliphatic rings. The number of hydrogen-bond donors (Lipinski definition) is 1. The van der Waals surface area contributed by atoms with Crippen LogP contribution in [0.2, 0.25) is 0 Å². The Morgan fingerprint density at radius 1 is 1.37 bits per heavy atom. The second-order valence-electron chi connectivity index (χ2n) is 3.71. The Bertz CT molecular complexity index is 673. The fourth-order valence-corrected chi connectivity index (χ4v) is 3.13. The lowest BCUT2D eigenvalue weighted by molar-refractivity contribution is -0.132. The first-order valence-electron chi connectivity index (χ1n) is 5.44. The highest BCUT2D eigenvalue weighted by Gasteiger charge is 2.18. The van der Waals surface area contributed by atoms with Crippen molar-refractivity contribution < 1.29 is 9.53 Å². The van der Waals surface area contributed by atoms with E-state index in [0.29, 0.717) is 0 Å². The molecule has 0 bridgehead atoms. The Kier molecular flexibility index (Phi) is 3.22. The van der Waals surface area contributed by atoms with Gasteiger partial charge in [0, 0.05) is 0 Å². The molecule has 0 amide bonds. The predicted molar refractivity (Wildman–Crippen MR) is 77.8 cm³/mol. The molecule has 0 fully saturated rings. The second kappa shape index (κ2) is 5.02. The van der Waals surface area contributed by atoms with E-state index >= 15 is 0 Å². The molecule has 1 N–H and O–H groups in total. The molecule has 7 heteroatoms. The third-order valence-corrected chi connectivity index (χ3v) is 4.17. The van der Waals surface area contributed by atoms with Crippen LogP contribution in [0.5, 0.6) is 0 Å². The van der Waals surface area contributed by atoms with Crippen LogP contribution in [-0.4, -0.2) is 23.8 Å². The number of nitrogens with zero attached hydrogens (tertiary/aromatic N) is 2. The van der Waals surface area contributed by atoms with Gasteiger partial charge in [-0.2, -0.15) is 4.40 Å². The first-order valence-corrected chi connectivity index (χ1v) is 7.03. The molecule has 0 radical (unpaired) electrons. The van der Waals surface area contributed by atoms with Gasteiger partial charge in [0.15, 0.2) is 5.71 Å². The Morgan fingerprint density at radius 3 is 3.00 bits per heavy atom. The number of methoxy groups -OCH3 is 1. The van der Waals surface area contributed by atoms with Gasteiger partial charge in [-0.05, 0) is 18.2 Å². The number of para-hydroxylation sites is 1. The quantitative estimate of drug-likeness (QED) is 0.680. The summed E-state index contributed by atoms with van der Waals surface area (Å²) >= 11 is 2.66. The van der Waals surface area contributed by atoms with Crippen LogP contribution < -0.4 is 4.72 Å². The molecule has 0 atom stereocenters. The fraction of sp³-hybridized carbons (Fsp3) is 0.0833. The lowest BCUT2D eigenvalue weighted by atomic mass is 10.3. The second-order valence-corrected chi connectivity index (χ2v) is 5.31. The van der Waals surface area contributed by atoms with E-state index in [-0.39, 0.29) is 5.71 Å². The van der Waals surface area contributed by atoms with Gasteiger partial charge in [0.2, 0.25) is 0 Å². The lowest BCUT2D eigenvalue weighted by Gasteiger charge is -2.10. The summed E-state index contributed by atoms with van der Waals surface area (Å²) in [6, 6.07) is 7.90. The maximum atomic E-state index is 11.5. The van der Waals surface area contributed by atoms with Gasteiger partial charge in [0.05, 0.1) is 35.2 Å². The topological polar surface area (TPSA) is 63.6 Å². The molecule has 0 saturated carbocycles. The van der Waals surface area contributed by atoms with Crippen molar-refractivity contribution >= 4 is 51.1 Å². The molecule has 1 aromatic heterocycles. The summed E-state index contributed by atoms with van der Waals surface area (Å²) in [7, 11) is 1.34. The summed E-state index contributed by atoms with van der Waals surface area (Å²) in [4.78, 5) is 16.0. The molecule has 0 unspecified atom stereocenters. The zero-order valence-electron chi connectivity index (χ0n) is 9.91. The third-order valence-electron chi connectivity index (χ3n) is 2.50. The van der Waals surface area contributed by atoms with E-state index in [1.807, 2.05) is 24.3 Å². The summed E-state index contributed by atoms with van der Waals surface area (Å²) < 4.78 is 12.8. The minimum absolute atomic E-state index is 0.278. The van der Waals surface area contributed by atoms with E-state index < -0.39 is 5.97 Å². The monoisotopic (exact) mass is 291 g/mol. The molecular formula is C12H9N3O2S2. The fourth-order valence-electron chi connectivity index (χ4n) is 1.61. The van der Waals surface area contributed by atoms with Gasteiger partial charge in [0.1, 0.15) is 5.01 Å². The average Bonchev–Trinajstić information content (AvgIpc) is 2.90. The van der Waals surface area contributed by atoms with Crippen molar-refractivity contribution in [1.82, 2.24) is 9.71 Å². The number of benzene rings is 1. The van der Waals surface area contributed by atoms with Crippen LogP contribution in [0.1, 0.15) is 5.01 Å². The van der Waals surface area contributed by atoms with Gasteiger partial charge in [-0.1, -0.05) is 12.1 Å². The van der Waals surface area contributed by atoms with Crippen LogP contribution >= 0.6 is 23.5 Å². The summed E-state index contributed by atoms with van der Waals surface area (Å²) in [5.41, 5.74) is 1.99. The van der Waals surface area contributed by atoms with Crippen molar-refractivity contribution in [2.45, 2.75) is 0 Å². The van der Waals surface area contributed by atoms with E-state index in [9.17, 15) is 4.79 Å². The number of thiazole rings is 1. The summed E-state index contributed by atoms with van der Waals surface area (Å²) in [6.45, 7) is 0. The molecule has 0 saturated heterocycles. The van der Waals surface area contributed by atoms with E-state index in [1.54, 1.807) is 17.4 Å². The number of hydrogen-bond acceptors (Lipinski definition) is 7. The van der Waals surface area contributed by atoms with E-state index in [2.05, 4.69) is 18.8 Å². The molecule has 0 aliphatic carbocycles. The minimum Gasteiger partial charge on any atom is -0.464 e. The van der Waals surface area contributed by atoms with Gasteiger partial charge in [-0.15, -0.1) is 11.3 Å². The SMILES string of the molecule is COC(=O)C1=NSNC(c2nc3ccccc3s2)=C1. The summed E-state index contributed by atoms with van der Waals surface area (Å²) in [5.74, 6) is -0.451. The molecule has 1 aliphatic heterocycles. The van der Waals surface area contributed by atoms with Crippen molar-refractivity contribution in [3.63, 3.8) is 0 Å². The number of nitrogens with one attached hydrogen (secondary N) is 1. The average molecular weight is 291 g/mol. The maximum absolute atomic E-state index is 11.5. The zero-order valence-corrected chi connectivity index (χ0v) is 11.5. The van der Waals surface area contributed by atoms with Gasteiger partial charge in [-0.3, -0.25) is 0 Å². The molecule has 19 heavy (non-hydrogen) atoms. The normalized spacial score (nSPS) is 14.6. The molecule has 2 aromatic rings. The molecule has 96 valence electrons. The van der Waals surface area contributed by atoms with E-state index in [0.717, 1.165) is 33.1 Å². The summed E-state index contributed by atoms with van der Waals surface area (Å²) in [5, 5.41) is 0.824. The Labute approximate surface area is 117 Å². The molecular weight excluding hydrogens is 282 g/mol. The van der Waals surface area contributed by atoms with Crippen molar-refractivity contribution in [3.05, 3.63) is 35.3 Å². The highest BCUT2D eigenvalue weighted by Crippen LogP contribution is 2.28. The molecule has 3 rings (SSSR count). The van der Waals surface area contributed by atoms with Crippen LogP contribution in [0.4, 0.5) is 0 Å². The highest BCUT2D eigenvalue weighted by atomic mass is 32.2. The number of fused-ring (bicyclic) bond motifs is 1. The number of ether oxygens (including phenoxy) is 1. The number of rotatable bonds is 2. The van der Waals surface area contributed by atoms with Gasteiger partial charge in [-0.25, -0.2) is 9.78 Å². The smallest absolute Gasteiger partial charge is 0.357 e. The maximum Gasteiger partial charge on any atom is 0.357 e. The number of carbonyl (C=O) groups excluding carboxylic acids is 1.